The van der Waals surface area contributed by atoms with Crippen molar-refractivity contribution in [3.05, 3.63) is 83.9 Å². The lowest BCUT2D eigenvalue weighted by Crippen LogP contribution is -2.12. The molecule has 0 fully saturated rings. The minimum absolute atomic E-state index is 0.214. The molecule has 1 heterocycles. The Kier molecular flexibility index (Phi) is 5.22. The van der Waals surface area contributed by atoms with Crippen LogP contribution in [0.1, 0.15) is 20.7 Å². The maximum atomic E-state index is 12.6. The zero-order valence-electron chi connectivity index (χ0n) is 15.5. The fraction of sp³-hybridized carbons (Fsp3) is 0.0455. The summed E-state index contributed by atoms with van der Waals surface area (Å²) in [5.41, 5.74) is 2.40. The maximum Gasteiger partial charge on any atom is 0.259 e. The molecule has 0 spiro atoms. The number of para-hydroxylation sites is 1. The number of carbonyl (C=O) groups excluding carboxylic acids is 2. The van der Waals surface area contributed by atoms with Gasteiger partial charge in [0.2, 0.25) is 0 Å². The van der Waals surface area contributed by atoms with Gasteiger partial charge in [-0.1, -0.05) is 41.7 Å². The van der Waals surface area contributed by atoms with Gasteiger partial charge in [-0.3, -0.25) is 14.9 Å². The summed E-state index contributed by atoms with van der Waals surface area (Å²) >= 11 is 1.35. The molecule has 0 aliphatic carbocycles. The van der Waals surface area contributed by atoms with Crippen molar-refractivity contribution in [2.45, 2.75) is 0 Å². The van der Waals surface area contributed by atoms with E-state index in [2.05, 4.69) is 15.6 Å². The summed E-state index contributed by atoms with van der Waals surface area (Å²) in [7, 11) is 1.53. The Morgan fingerprint density at radius 3 is 2.45 bits per heavy atom. The number of hydrogen-bond donors (Lipinski definition) is 2. The lowest BCUT2D eigenvalue weighted by atomic mass is 10.2. The average molecular weight is 403 g/mol. The molecule has 6 nitrogen and oxygen atoms in total. The SMILES string of the molecule is COc1ccccc1C(=O)Nc1ccc2nc(NC(=O)c3ccccc3)sc2c1. The van der Waals surface area contributed by atoms with Gasteiger partial charge in [0.15, 0.2) is 5.13 Å². The van der Waals surface area contributed by atoms with Crippen LogP contribution in [0.2, 0.25) is 0 Å². The predicted octanol–water partition coefficient (Wildman–Crippen LogP) is 4.81. The molecule has 2 N–H and O–H groups in total. The number of methoxy groups -OCH3 is 1. The zero-order valence-corrected chi connectivity index (χ0v) is 16.3. The normalized spacial score (nSPS) is 10.5. The zero-order chi connectivity index (χ0) is 20.2. The molecule has 0 aliphatic heterocycles. The highest BCUT2D eigenvalue weighted by Crippen LogP contribution is 2.29. The highest BCUT2D eigenvalue weighted by molar-refractivity contribution is 7.22. The Bertz CT molecular complexity index is 1190. The quantitative estimate of drug-likeness (QED) is 0.501. The summed E-state index contributed by atoms with van der Waals surface area (Å²) in [6, 6.07) is 21.4. The van der Waals surface area contributed by atoms with E-state index in [1.165, 1.54) is 18.4 Å². The third kappa shape index (κ3) is 4.09. The predicted molar refractivity (Wildman–Crippen MR) is 115 cm³/mol. The van der Waals surface area contributed by atoms with Crippen molar-refractivity contribution >= 4 is 44.2 Å². The van der Waals surface area contributed by atoms with Crippen LogP contribution in [0, 0.1) is 0 Å². The number of nitrogens with one attached hydrogen (secondary N) is 2. The maximum absolute atomic E-state index is 12.6. The molecule has 3 aromatic carbocycles. The first-order valence-electron chi connectivity index (χ1n) is 8.85. The number of carbonyl (C=O) groups is 2. The Morgan fingerprint density at radius 2 is 1.66 bits per heavy atom. The van der Waals surface area contributed by atoms with Crippen molar-refractivity contribution in [3.63, 3.8) is 0 Å². The summed E-state index contributed by atoms with van der Waals surface area (Å²) in [5, 5.41) is 6.19. The summed E-state index contributed by atoms with van der Waals surface area (Å²) in [4.78, 5) is 29.3. The van der Waals surface area contributed by atoms with Crippen LogP contribution in [0.25, 0.3) is 10.2 Å². The van der Waals surface area contributed by atoms with Gasteiger partial charge in [0.05, 0.1) is 22.9 Å². The fourth-order valence-electron chi connectivity index (χ4n) is 2.85. The highest BCUT2D eigenvalue weighted by Gasteiger charge is 2.13. The summed E-state index contributed by atoms with van der Waals surface area (Å²) in [6.45, 7) is 0. The summed E-state index contributed by atoms with van der Waals surface area (Å²) in [5.74, 6) is 0.0352. The minimum atomic E-state index is -0.260. The van der Waals surface area contributed by atoms with Gasteiger partial charge in [-0.05, 0) is 42.5 Å². The fourth-order valence-corrected chi connectivity index (χ4v) is 3.75. The van der Waals surface area contributed by atoms with Crippen molar-refractivity contribution in [2.24, 2.45) is 0 Å². The largest absolute Gasteiger partial charge is 0.496 e. The van der Waals surface area contributed by atoms with E-state index in [1.54, 1.807) is 36.4 Å². The number of amides is 2. The molecule has 29 heavy (non-hydrogen) atoms. The number of ether oxygens (including phenoxy) is 1. The van der Waals surface area contributed by atoms with E-state index in [0.29, 0.717) is 27.7 Å². The second-order valence-corrected chi connectivity index (χ2v) is 7.21. The lowest BCUT2D eigenvalue weighted by Gasteiger charge is -2.09. The van der Waals surface area contributed by atoms with Crippen LogP contribution in [-0.4, -0.2) is 23.9 Å². The molecule has 1 aromatic heterocycles. The number of hydrogen-bond acceptors (Lipinski definition) is 5. The number of nitrogens with zero attached hydrogens (tertiary/aromatic N) is 1. The number of aromatic nitrogens is 1. The molecular formula is C22H17N3O3S. The van der Waals surface area contributed by atoms with Crippen molar-refractivity contribution in [3.8, 4) is 5.75 Å². The van der Waals surface area contributed by atoms with Crippen LogP contribution in [0.15, 0.2) is 72.8 Å². The molecule has 0 radical (unpaired) electrons. The third-order valence-corrected chi connectivity index (χ3v) is 5.19. The molecular weight excluding hydrogens is 386 g/mol. The van der Waals surface area contributed by atoms with E-state index < -0.39 is 0 Å². The smallest absolute Gasteiger partial charge is 0.259 e. The van der Waals surface area contributed by atoms with Crippen molar-refractivity contribution in [1.82, 2.24) is 4.98 Å². The molecule has 4 aromatic rings. The topological polar surface area (TPSA) is 80.3 Å². The number of thiazole rings is 1. The second-order valence-electron chi connectivity index (χ2n) is 6.18. The van der Waals surface area contributed by atoms with Crippen LogP contribution in [-0.2, 0) is 0 Å². The van der Waals surface area contributed by atoms with Gasteiger partial charge in [0.1, 0.15) is 5.75 Å². The van der Waals surface area contributed by atoms with E-state index in [9.17, 15) is 9.59 Å². The standard InChI is InChI=1S/C22H17N3O3S/c1-28-18-10-6-5-9-16(18)21(27)23-15-11-12-17-19(13-15)29-22(24-17)25-20(26)14-7-3-2-4-8-14/h2-13H,1H3,(H,23,27)(H,24,25,26). The van der Waals surface area contributed by atoms with E-state index >= 15 is 0 Å². The van der Waals surface area contributed by atoms with Crippen LogP contribution >= 0.6 is 11.3 Å². The first kappa shape index (κ1) is 18.6. The molecule has 0 unspecified atom stereocenters. The molecule has 0 atom stereocenters. The molecule has 0 bridgehead atoms. The molecule has 2 amide bonds. The van der Waals surface area contributed by atoms with E-state index in [4.69, 9.17) is 4.74 Å². The van der Waals surface area contributed by atoms with Gasteiger partial charge in [0, 0.05) is 11.3 Å². The van der Waals surface area contributed by atoms with Crippen molar-refractivity contribution in [2.75, 3.05) is 17.7 Å². The summed E-state index contributed by atoms with van der Waals surface area (Å²) in [6.07, 6.45) is 0. The molecule has 4 rings (SSSR count). The van der Waals surface area contributed by atoms with Crippen molar-refractivity contribution in [1.29, 1.82) is 0 Å². The average Bonchev–Trinajstić information content (AvgIpc) is 3.15. The van der Waals surface area contributed by atoms with Gasteiger partial charge >= 0.3 is 0 Å². The number of rotatable bonds is 5. The van der Waals surface area contributed by atoms with Crippen LogP contribution in [0.4, 0.5) is 10.8 Å². The van der Waals surface area contributed by atoms with Gasteiger partial charge in [-0.15, -0.1) is 0 Å². The molecule has 144 valence electrons. The van der Waals surface area contributed by atoms with Gasteiger partial charge in [-0.2, -0.15) is 0 Å². The minimum Gasteiger partial charge on any atom is -0.496 e. The summed E-state index contributed by atoms with van der Waals surface area (Å²) < 4.78 is 6.10. The number of fused-ring (bicyclic) bond motifs is 1. The number of benzene rings is 3. The Balaban J connectivity index is 1.52. The Labute approximate surface area is 171 Å². The van der Waals surface area contributed by atoms with Gasteiger partial charge in [0.25, 0.3) is 11.8 Å². The van der Waals surface area contributed by atoms with E-state index in [1.807, 2.05) is 36.4 Å². The molecule has 0 saturated heterocycles. The monoisotopic (exact) mass is 403 g/mol. The lowest BCUT2D eigenvalue weighted by molar-refractivity contribution is 0.101. The molecule has 0 aliphatic rings. The number of anilines is 2. The van der Waals surface area contributed by atoms with Crippen LogP contribution < -0.4 is 15.4 Å². The van der Waals surface area contributed by atoms with Crippen molar-refractivity contribution < 1.29 is 14.3 Å². The third-order valence-electron chi connectivity index (χ3n) is 4.25. The second kappa shape index (κ2) is 8.12. The molecule has 7 heteroatoms. The Morgan fingerprint density at radius 1 is 0.897 bits per heavy atom. The van der Waals surface area contributed by atoms with E-state index in [-0.39, 0.29) is 11.8 Å². The van der Waals surface area contributed by atoms with E-state index in [0.717, 1.165) is 10.2 Å². The first-order chi connectivity index (χ1) is 14.1. The molecule has 0 saturated carbocycles. The Hall–Kier alpha value is -3.71. The van der Waals surface area contributed by atoms with Crippen LogP contribution in [0.5, 0.6) is 5.75 Å². The van der Waals surface area contributed by atoms with Crippen LogP contribution in [0.3, 0.4) is 0 Å². The van der Waals surface area contributed by atoms with Gasteiger partial charge < -0.3 is 10.1 Å². The van der Waals surface area contributed by atoms with Gasteiger partial charge in [-0.25, -0.2) is 4.98 Å². The highest BCUT2D eigenvalue weighted by atomic mass is 32.1. The first-order valence-corrected chi connectivity index (χ1v) is 9.67.